The van der Waals surface area contributed by atoms with E-state index in [1.54, 1.807) is 0 Å². The summed E-state index contributed by atoms with van der Waals surface area (Å²) in [6.07, 6.45) is -4.33. The quantitative estimate of drug-likeness (QED) is 0.532. The Labute approximate surface area is 134 Å². The molecule has 3 rings (SSSR count). The number of imidazole rings is 1. The summed E-state index contributed by atoms with van der Waals surface area (Å²) in [5.41, 5.74) is 1.47. The van der Waals surface area contributed by atoms with Crippen LogP contribution in [0.2, 0.25) is 0 Å². The molecule has 0 aliphatic carbocycles. The molecule has 21 heavy (non-hydrogen) atoms. The molecule has 2 nitrogen and oxygen atoms in total. The third kappa shape index (κ3) is 2.85. The Kier molecular flexibility index (Phi) is 3.57. The largest absolute Gasteiger partial charge is 0.416 e. The van der Waals surface area contributed by atoms with Crippen molar-refractivity contribution in [1.29, 1.82) is 0 Å². The average Bonchev–Trinajstić information content (AvgIpc) is 2.81. The number of benzene rings is 2. The third-order valence-electron chi connectivity index (χ3n) is 3.01. The van der Waals surface area contributed by atoms with Crippen molar-refractivity contribution in [1.82, 2.24) is 9.97 Å². The van der Waals surface area contributed by atoms with Crippen LogP contribution in [-0.4, -0.2) is 9.97 Å². The fourth-order valence-corrected chi connectivity index (χ4v) is 2.63. The fourth-order valence-electron chi connectivity index (χ4n) is 1.96. The van der Waals surface area contributed by atoms with Gasteiger partial charge in [-0.15, -0.1) is 0 Å². The van der Waals surface area contributed by atoms with Crippen LogP contribution in [0.15, 0.2) is 45.3 Å². The number of nitrogens with zero attached hydrogens (tertiary/aromatic N) is 1. The van der Waals surface area contributed by atoms with E-state index in [9.17, 15) is 13.2 Å². The van der Waals surface area contributed by atoms with E-state index in [-0.39, 0.29) is 0 Å². The molecule has 0 aliphatic rings. The fraction of sp³-hybridized carbons (Fsp3) is 0.0714. The molecule has 0 fully saturated rings. The number of halogens is 5. The van der Waals surface area contributed by atoms with Gasteiger partial charge in [0.05, 0.1) is 16.6 Å². The molecule has 2 aromatic carbocycles. The molecule has 0 atom stereocenters. The molecule has 1 N–H and O–H groups in total. The number of alkyl halides is 3. The van der Waals surface area contributed by atoms with Crippen molar-refractivity contribution < 1.29 is 13.2 Å². The lowest BCUT2D eigenvalue weighted by Crippen LogP contribution is -2.04. The highest BCUT2D eigenvalue weighted by Gasteiger charge is 2.30. The first-order valence-corrected chi connectivity index (χ1v) is 7.45. The zero-order chi connectivity index (χ0) is 15.2. The Balaban J connectivity index is 2.04. The first-order valence-electron chi connectivity index (χ1n) is 5.87. The highest BCUT2D eigenvalue weighted by atomic mass is 79.9. The Bertz CT molecular complexity index is 768. The van der Waals surface area contributed by atoms with E-state index in [4.69, 9.17) is 0 Å². The van der Waals surface area contributed by atoms with Gasteiger partial charge in [0, 0.05) is 14.5 Å². The second-order valence-corrected chi connectivity index (χ2v) is 6.15. The number of H-pyrrole nitrogens is 1. The summed E-state index contributed by atoms with van der Waals surface area (Å²) >= 11 is 6.78. The summed E-state index contributed by atoms with van der Waals surface area (Å²) < 4.78 is 39.4. The summed E-state index contributed by atoms with van der Waals surface area (Å²) in [4.78, 5) is 7.48. The Hall–Kier alpha value is -1.34. The van der Waals surface area contributed by atoms with Gasteiger partial charge in [0.15, 0.2) is 0 Å². The summed E-state index contributed by atoms with van der Waals surface area (Å²) in [5, 5.41) is 0. The van der Waals surface area contributed by atoms with E-state index >= 15 is 0 Å². The molecule has 0 unspecified atom stereocenters. The molecule has 7 heteroatoms. The number of hydrogen-bond donors (Lipinski definition) is 1. The van der Waals surface area contributed by atoms with Gasteiger partial charge in [0.25, 0.3) is 0 Å². The van der Waals surface area contributed by atoms with Crippen LogP contribution in [0.1, 0.15) is 5.56 Å². The van der Waals surface area contributed by atoms with Crippen LogP contribution < -0.4 is 0 Å². The highest BCUT2D eigenvalue weighted by molar-refractivity contribution is 9.13. The molecular weight excluding hydrogens is 413 g/mol. The van der Waals surface area contributed by atoms with Crippen LogP contribution in [0, 0.1) is 0 Å². The van der Waals surface area contributed by atoms with Gasteiger partial charge >= 0.3 is 6.18 Å². The Morgan fingerprint density at radius 1 is 0.952 bits per heavy atom. The van der Waals surface area contributed by atoms with E-state index in [1.807, 2.05) is 12.1 Å². The van der Waals surface area contributed by atoms with Crippen molar-refractivity contribution >= 4 is 42.9 Å². The lowest BCUT2D eigenvalue weighted by Gasteiger charge is -2.06. The Morgan fingerprint density at radius 3 is 2.19 bits per heavy atom. The molecule has 1 heterocycles. The molecule has 0 saturated heterocycles. The molecule has 108 valence electrons. The number of aromatic nitrogens is 2. The van der Waals surface area contributed by atoms with Crippen molar-refractivity contribution in [3.8, 4) is 11.4 Å². The molecule has 0 radical (unpaired) electrons. The highest BCUT2D eigenvalue weighted by Crippen LogP contribution is 2.32. The predicted molar refractivity (Wildman–Crippen MR) is 81.9 cm³/mol. The molecule has 1 aromatic heterocycles. The SMILES string of the molecule is FC(F)(F)c1ccc(-c2nc3cc(Br)c(Br)cc3[nH]2)cc1. The molecule has 0 aliphatic heterocycles. The average molecular weight is 420 g/mol. The van der Waals surface area contributed by atoms with Gasteiger partial charge < -0.3 is 4.98 Å². The minimum Gasteiger partial charge on any atom is -0.338 e. The third-order valence-corrected chi connectivity index (χ3v) is 4.85. The van der Waals surface area contributed by atoms with Gasteiger partial charge in [-0.3, -0.25) is 0 Å². The standard InChI is InChI=1S/C14H7Br2F3N2/c15-9-5-11-12(6-10(9)16)21-13(20-11)7-1-3-8(4-2-7)14(17,18)19/h1-6H,(H,20,21). The summed E-state index contributed by atoms with van der Waals surface area (Å²) in [6, 6.07) is 8.61. The first kappa shape index (κ1) is 14.6. The maximum absolute atomic E-state index is 12.5. The van der Waals surface area contributed by atoms with E-state index in [2.05, 4.69) is 41.8 Å². The number of aromatic amines is 1. The minimum atomic E-state index is -4.33. The van der Waals surface area contributed by atoms with E-state index in [0.29, 0.717) is 11.4 Å². The molecule has 0 amide bonds. The molecule has 0 bridgehead atoms. The molecule has 0 spiro atoms. The maximum atomic E-state index is 12.5. The predicted octanol–water partition coefficient (Wildman–Crippen LogP) is 5.77. The van der Waals surface area contributed by atoms with Crippen molar-refractivity contribution in [2.45, 2.75) is 6.18 Å². The van der Waals surface area contributed by atoms with Crippen LogP contribution in [0.3, 0.4) is 0 Å². The normalized spacial score (nSPS) is 12.0. The molecular formula is C14H7Br2F3N2. The van der Waals surface area contributed by atoms with E-state index < -0.39 is 11.7 Å². The van der Waals surface area contributed by atoms with Crippen molar-refractivity contribution in [3.05, 3.63) is 50.9 Å². The minimum absolute atomic E-state index is 0.531. The number of nitrogens with one attached hydrogen (secondary N) is 1. The van der Waals surface area contributed by atoms with Crippen LogP contribution in [0.25, 0.3) is 22.4 Å². The zero-order valence-corrected chi connectivity index (χ0v) is 13.5. The zero-order valence-electron chi connectivity index (χ0n) is 10.3. The Morgan fingerprint density at radius 2 is 1.57 bits per heavy atom. The molecule has 3 aromatic rings. The molecule has 0 saturated carbocycles. The van der Waals surface area contributed by atoms with Crippen LogP contribution in [-0.2, 0) is 6.18 Å². The van der Waals surface area contributed by atoms with Gasteiger partial charge in [-0.05, 0) is 56.1 Å². The van der Waals surface area contributed by atoms with Gasteiger partial charge in [-0.25, -0.2) is 4.98 Å². The van der Waals surface area contributed by atoms with Gasteiger partial charge in [-0.1, -0.05) is 12.1 Å². The first-order chi connectivity index (χ1) is 9.84. The second-order valence-electron chi connectivity index (χ2n) is 4.44. The van der Waals surface area contributed by atoms with Crippen LogP contribution in [0.5, 0.6) is 0 Å². The van der Waals surface area contributed by atoms with Gasteiger partial charge in [0.1, 0.15) is 5.82 Å². The van der Waals surface area contributed by atoms with Crippen molar-refractivity contribution in [2.75, 3.05) is 0 Å². The topological polar surface area (TPSA) is 28.7 Å². The van der Waals surface area contributed by atoms with Crippen molar-refractivity contribution in [2.24, 2.45) is 0 Å². The van der Waals surface area contributed by atoms with Gasteiger partial charge in [0.2, 0.25) is 0 Å². The lowest BCUT2D eigenvalue weighted by molar-refractivity contribution is -0.137. The maximum Gasteiger partial charge on any atom is 0.416 e. The number of fused-ring (bicyclic) bond motifs is 1. The second kappa shape index (κ2) is 5.14. The lowest BCUT2D eigenvalue weighted by atomic mass is 10.1. The number of rotatable bonds is 1. The number of hydrogen-bond acceptors (Lipinski definition) is 1. The monoisotopic (exact) mass is 418 g/mol. The van der Waals surface area contributed by atoms with Crippen LogP contribution >= 0.6 is 31.9 Å². The smallest absolute Gasteiger partial charge is 0.338 e. The summed E-state index contributed by atoms with van der Waals surface area (Å²) in [5.74, 6) is 0.531. The van der Waals surface area contributed by atoms with Gasteiger partial charge in [-0.2, -0.15) is 13.2 Å². The summed E-state index contributed by atoms with van der Waals surface area (Å²) in [6.45, 7) is 0. The van der Waals surface area contributed by atoms with Crippen LogP contribution in [0.4, 0.5) is 13.2 Å². The van der Waals surface area contributed by atoms with E-state index in [0.717, 1.165) is 32.1 Å². The van der Waals surface area contributed by atoms with E-state index in [1.165, 1.54) is 12.1 Å². The van der Waals surface area contributed by atoms with Crippen molar-refractivity contribution in [3.63, 3.8) is 0 Å². The summed E-state index contributed by atoms with van der Waals surface area (Å²) in [7, 11) is 0.